The summed E-state index contributed by atoms with van der Waals surface area (Å²) >= 11 is 2.31. The Hall–Kier alpha value is -2.53. The maximum Gasteiger partial charge on any atom is 0.343 e. The molecule has 0 atom stereocenters. The van der Waals surface area contributed by atoms with E-state index in [0.29, 0.717) is 28.1 Å². The summed E-state index contributed by atoms with van der Waals surface area (Å²) in [5.74, 6) is -2.16. The molecule has 11 heteroatoms. The van der Waals surface area contributed by atoms with E-state index in [0.717, 1.165) is 30.3 Å². The third kappa shape index (κ3) is 4.61. The van der Waals surface area contributed by atoms with Gasteiger partial charge in [-0.2, -0.15) is 0 Å². The third-order valence-corrected chi connectivity index (χ3v) is 5.20. The molecular formula is C16H15F2N5O2S2. The van der Waals surface area contributed by atoms with E-state index in [-0.39, 0.29) is 17.3 Å². The molecule has 2 aromatic heterocycles. The molecule has 2 heterocycles. The number of amides is 1. The first-order chi connectivity index (χ1) is 13.0. The quantitative estimate of drug-likeness (QED) is 0.583. The molecule has 27 heavy (non-hydrogen) atoms. The van der Waals surface area contributed by atoms with Crippen molar-refractivity contribution in [3.8, 4) is 11.3 Å². The van der Waals surface area contributed by atoms with Crippen LogP contribution in [0.25, 0.3) is 11.3 Å². The maximum absolute atomic E-state index is 13.3. The van der Waals surface area contributed by atoms with Crippen LogP contribution in [0.2, 0.25) is 0 Å². The number of aromatic amines is 1. The lowest BCUT2D eigenvalue weighted by Gasteiger charge is -2.03. The van der Waals surface area contributed by atoms with E-state index in [9.17, 15) is 18.4 Å². The number of nitrogens with one attached hydrogen (secondary N) is 2. The van der Waals surface area contributed by atoms with Crippen LogP contribution in [0.15, 0.2) is 33.5 Å². The van der Waals surface area contributed by atoms with Crippen LogP contribution in [0, 0.1) is 11.6 Å². The van der Waals surface area contributed by atoms with Crippen LogP contribution >= 0.6 is 23.1 Å². The average molecular weight is 411 g/mol. The van der Waals surface area contributed by atoms with E-state index < -0.39 is 11.6 Å². The first kappa shape index (κ1) is 19.2. The molecule has 0 fully saturated rings. The number of benzene rings is 1. The zero-order chi connectivity index (χ0) is 19.4. The van der Waals surface area contributed by atoms with Gasteiger partial charge in [-0.15, -0.1) is 16.4 Å². The number of H-pyrrole nitrogens is 1. The Labute approximate surface area is 160 Å². The van der Waals surface area contributed by atoms with Crippen LogP contribution in [-0.2, 0) is 11.3 Å². The standard InChI is InChI=1S/C16H15F2N5O2S2/c1-2-5-23-15(25)21-22-16(23)27-8-13(24)20-14-19-12(7-26-14)9-3-4-10(17)11(18)6-9/h3-4,6-7H,2,5,8H2,1H3,(H,21,25)(H,19,20,24). The fraction of sp³-hybridized carbons (Fsp3) is 0.250. The van der Waals surface area contributed by atoms with Gasteiger partial charge in [0.05, 0.1) is 11.4 Å². The summed E-state index contributed by atoms with van der Waals surface area (Å²) in [7, 11) is 0. The van der Waals surface area contributed by atoms with Gasteiger partial charge in [-0.05, 0) is 24.6 Å². The molecule has 0 saturated heterocycles. The van der Waals surface area contributed by atoms with Crippen molar-refractivity contribution < 1.29 is 13.6 Å². The van der Waals surface area contributed by atoms with E-state index >= 15 is 0 Å². The van der Waals surface area contributed by atoms with Crippen LogP contribution in [0.5, 0.6) is 0 Å². The summed E-state index contributed by atoms with van der Waals surface area (Å²) in [6.07, 6.45) is 0.769. The molecule has 0 bridgehead atoms. The molecule has 142 valence electrons. The van der Waals surface area contributed by atoms with Gasteiger partial charge in [0.2, 0.25) is 5.91 Å². The fourth-order valence-electron chi connectivity index (χ4n) is 2.24. The smallest absolute Gasteiger partial charge is 0.301 e. The average Bonchev–Trinajstić information content (AvgIpc) is 3.24. The first-order valence-corrected chi connectivity index (χ1v) is 9.83. The maximum atomic E-state index is 13.3. The number of aromatic nitrogens is 4. The van der Waals surface area contributed by atoms with Gasteiger partial charge < -0.3 is 5.32 Å². The number of carbonyl (C=O) groups excluding carboxylic acids is 1. The van der Waals surface area contributed by atoms with E-state index in [2.05, 4.69) is 20.5 Å². The Morgan fingerprint density at radius 2 is 2.19 bits per heavy atom. The lowest BCUT2D eigenvalue weighted by molar-refractivity contribution is -0.113. The molecular weight excluding hydrogens is 396 g/mol. The molecule has 0 unspecified atom stereocenters. The monoisotopic (exact) mass is 411 g/mol. The highest BCUT2D eigenvalue weighted by molar-refractivity contribution is 7.99. The van der Waals surface area contributed by atoms with Crippen molar-refractivity contribution in [2.45, 2.75) is 25.0 Å². The summed E-state index contributed by atoms with van der Waals surface area (Å²) in [6.45, 7) is 2.46. The van der Waals surface area contributed by atoms with Crippen LogP contribution < -0.4 is 11.0 Å². The Balaban J connectivity index is 1.61. The van der Waals surface area contributed by atoms with Crippen LogP contribution in [0.4, 0.5) is 13.9 Å². The Bertz CT molecular complexity index is 1010. The second-order valence-electron chi connectivity index (χ2n) is 5.47. The summed E-state index contributed by atoms with van der Waals surface area (Å²) in [6, 6.07) is 3.49. The Kier molecular flexibility index (Phi) is 6.01. The number of hydrogen-bond donors (Lipinski definition) is 2. The molecule has 0 aliphatic heterocycles. The van der Waals surface area contributed by atoms with E-state index in [1.54, 1.807) is 5.38 Å². The van der Waals surface area contributed by atoms with Crippen molar-refractivity contribution in [3.05, 3.63) is 45.7 Å². The highest BCUT2D eigenvalue weighted by Gasteiger charge is 2.13. The number of rotatable bonds is 7. The number of hydrogen-bond acceptors (Lipinski definition) is 6. The van der Waals surface area contributed by atoms with Crippen LogP contribution in [-0.4, -0.2) is 31.4 Å². The number of anilines is 1. The normalized spacial score (nSPS) is 10.9. The molecule has 0 saturated carbocycles. The summed E-state index contributed by atoms with van der Waals surface area (Å²) in [5, 5.41) is 11.3. The van der Waals surface area contributed by atoms with Crippen LogP contribution in [0.3, 0.4) is 0 Å². The topological polar surface area (TPSA) is 92.7 Å². The number of thioether (sulfide) groups is 1. The second kappa shape index (κ2) is 8.44. The van der Waals surface area contributed by atoms with Gasteiger partial charge in [0.1, 0.15) is 0 Å². The van der Waals surface area contributed by atoms with E-state index in [1.165, 1.54) is 22.0 Å². The van der Waals surface area contributed by atoms with E-state index in [4.69, 9.17) is 0 Å². The zero-order valence-corrected chi connectivity index (χ0v) is 15.8. The molecule has 7 nitrogen and oxygen atoms in total. The fourth-order valence-corrected chi connectivity index (χ4v) is 3.75. The van der Waals surface area contributed by atoms with Gasteiger partial charge >= 0.3 is 5.69 Å². The molecule has 0 radical (unpaired) electrons. The number of halogens is 2. The van der Waals surface area contributed by atoms with Crippen molar-refractivity contribution in [2.75, 3.05) is 11.1 Å². The number of thiazole rings is 1. The highest BCUT2D eigenvalue weighted by atomic mass is 32.2. The summed E-state index contributed by atoms with van der Waals surface area (Å²) < 4.78 is 27.8. The van der Waals surface area contributed by atoms with Gasteiger partial charge in [-0.25, -0.2) is 23.7 Å². The molecule has 3 rings (SSSR count). The largest absolute Gasteiger partial charge is 0.343 e. The summed E-state index contributed by atoms with van der Waals surface area (Å²) in [4.78, 5) is 27.9. The van der Waals surface area contributed by atoms with Crippen molar-refractivity contribution in [1.82, 2.24) is 19.7 Å². The molecule has 1 aromatic carbocycles. The first-order valence-electron chi connectivity index (χ1n) is 7.96. The van der Waals surface area contributed by atoms with Gasteiger partial charge in [-0.3, -0.25) is 9.36 Å². The third-order valence-electron chi connectivity index (χ3n) is 3.47. The van der Waals surface area contributed by atoms with Crippen molar-refractivity contribution in [3.63, 3.8) is 0 Å². The Morgan fingerprint density at radius 3 is 2.93 bits per heavy atom. The van der Waals surface area contributed by atoms with Gasteiger partial charge in [0.15, 0.2) is 21.9 Å². The Morgan fingerprint density at radius 1 is 1.37 bits per heavy atom. The predicted molar refractivity (Wildman–Crippen MR) is 100.0 cm³/mol. The minimum atomic E-state index is -0.959. The molecule has 0 aliphatic rings. The van der Waals surface area contributed by atoms with Crippen molar-refractivity contribution >= 4 is 34.1 Å². The number of carbonyl (C=O) groups is 1. The van der Waals surface area contributed by atoms with Crippen molar-refractivity contribution in [2.24, 2.45) is 0 Å². The van der Waals surface area contributed by atoms with Crippen LogP contribution in [0.1, 0.15) is 13.3 Å². The molecule has 2 N–H and O–H groups in total. The van der Waals surface area contributed by atoms with Gasteiger partial charge in [-0.1, -0.05) is 18.7 Å². The molecule has 3 aromatic rings. The minimum Gasteiger partial charge on any atom is -0.301 e. The lowest BCUT2D eigenvalue weighted by atomic mass is 10.2. The molecule has 0 aliphatic carbocycles. The lowest BCUT2D eigenvalue weighted by Crippen LogP contribution is -2.18. The second-order valence-corrected chi connectivity index (χ2v) is 7.27. The molecule has 0 spiro atoms. The van der Waals surface area contributed by atoms with Gasteiger partial charge in [0, 0.05) is 17.5 Å². The summed E-state index contributed by atoms with van der Waals surface area (Å²) in [5.41, 5.74) is 0.543. The minimum absolute atomic E-state index is 0.0497. The predicted octanol–water partition coefficient (Wildman–Crippen LogP) is 3.11. The molecule has 1 amide bonds. The highest BCUT2D eigenvalue weighted by Crippen LogP contribution is 2.26. The van der Waals surface area contributed by atoms with E-state index in [1.807, 2.05) is 6.92 Å². The van der Waals surface area contributed by atoms with Crippen molar-refractivity contribution in [1.29, 1.82) is 0 Å². The van der Waals surface area contributed by atoms with Gasteiger partial charge in [0.25, 0.3) is 0 Å². The number of nitrogens with zero attached hydrogens (tertiary/aromatic N) is 3. The zero-order valence-electron chi connectivity index (χ0n) is 14.2. The SMILES string of the molecule is CCCn1c(SCC(=O)Nc2nc(-c3ccc(F)c(F)c3)cs2)n[nH]c1=O.